The summed E-state index contributed by atoms with van der Waals surface area (Å²) in [5.41, 5.74) is 13.6. The molecule has 0 spiro atoms. The number of phenolic OH excluding ortho intramolecular Hbond substituents is 1. The number of nitrogens with two attached hydrogens (primary N) is 2. The maximum Gasteiger partial charge on any atom is 0.243 e. The molecule has 1 aliphatic heterocycles. The van der Waals surface area contributed by atoms with E-state index < -0.39 is 60.2 Å². The van der Waals surface area contributed by atoms with Gasteiger partial charge < -0.3 is 48.1 Å². The van der Waals surface area contributed by atoms with Crippen LogP contribution in [0.5, 0.6) is 5.75 Å². The van der Waals surface area contributed by atoms with E-state index in [1.54, 1.807) is 12.1 Å². The Hall–Kier alpha value is -6.48. The molecule has 1 fully saturated rings. The smallest absolute Gasteiger partial charge is 0.243 e. The van der Waals surface area contributed by atoms with Gasteiger partial charge in [0.1, 0.15) is 29.9 Å². The molecule has 0 radical (unpaired) electrons. The predicted octanol–water partition coefficient (Wildman–Crippen LogP) is 1.37. The SMILES string of the molecule is CN(CCC[C@@H]1NC(=O)[C@@H](Cc2ccc(O)cc2)NC(=O)CNC(=O)[C@H](Cc2ccc3ccccc3c2)NC(=O)[C@H](CCCN=C(N)N)NC1=O)Cc1ccccc1. The van der Waals surface area contributed by atoms with Crippen LogP contribution in [0.1, 0.15) is 42.4 Å². The zero-order valence-corrected chi connectivity index (χ0v) is 32.7. The molecule has 4 aromatic rings. The second kappa shape index (κ2) is 21.2. The molecule has 10 N–H and O–H groups in total. The fraction of sp³-hybridized carbons (Fsp3) is 0.349. The van der Waals surface area contributed by atoms with Crippen LogP contribution in [-0.4, -0.2) is 96.4 Å². The summed E-state index contributed by atoms with van der Waals surface area (Å²) >= 11 is 0. The molecule has 4 atom stereocenters. The molecule has 15 nitrogen and oxygen atoms in total. The Morgan fingerprint density at radius 1 is 0.655 bits per heavy atom. The second-order valence-corrected chi connectivity index (χ2v) is 14.6. The largest absolute Gasteiger partial charge is 0.508 e. The lowest BCUT2D eigenvalue weighted by Gasteiger charge is -2.26. The third kappa shape index (κ3) is 13.3. The van der Waals surface area contributed by atoms with Crippen molar-refractivity contribution in [1.29, 1.82) is 0 Å². The molecule has 1 aliphatic rings. The standard InChI is InChI=1S/C43H53N9O6/c1-52(27-29-9-3-2-4-10-29)22-8-14-35-40(56)49-34(13-7-21-46-43(44)45)41(57)51-36(25-30-15-18-31-11-5-6-12-32(31)23-30)39(55)47-26-38(54)48-37(42(58)50-35)24-28-16-19-33(53)20-17-28/h2-6,9-12,15-20,23,34-37,53H,7-8,13-14,21-22,24-27H2,1H3,(H,47,55)(H,48,54)(H,49,56)(H,50,58)(H,51,57)(H4,44,45,46)/t34-,35-,36-,37+/m0/s1. The average molecular weight is 792 g/mol. The number of aromatic hydroxyl groups is 1. The van der Waals surface area contributed by atoms with Crippen molar-refractivity contribution in [2.75, 3.05) is 26.7 Å². The number of carbonyl (C=O) groups is 5. The third-order valence-electron chi connectivity index (χ3n) is 9.88. The first kappa shape index (κ1) is 42.7. The summed E-state index contributed by atoms with van der Waals surface area (Å²) in [5, 5.41) is 25.6. The molecule has 0 aromatic heterocycles. The highest BCUT2D eigenvalue weighted by Crippen LogP contribution is 2.18. The fourth-order valence-corrected chi connectivity index (χ4v) is 6.82. The number of nitrogens with one attached hydrogen (secondary N) is 5. The molecule has 5 rings (SSSR count). The van der Waals surface area contributed by atoms with E-state index >= 15 is 0 Å². The molecule has 0 saturated carbocycles. The van der Waals surface area contributed by atoms with Crippen LogP contribution >= 0.6 is 0 Å². The number of rotatable bonds is 14. The van der Waals surface area contributed by atoms with E-state index in [-0.39, 0.29) is 43.9 Å². The highest BCUT2D eigenvalue weighted by atomic mass is 16.3. The van der Waals surface area contributed by atoms with Crippen LogP contribution in [0, 0.1) is 0 Å². The van der Waals surface area contributed by atoms with Crippen molar-refractivity contribution < 1.29 is 29.1 Å². The van der Waals surface area contributed by atoms with Gasteiger partial charge in [0.2, 0.25) is 29.5 Å². The number of phenols is 1. The Morgan fingerprint density at radius 2 is 1.22 bits per heavy atom. The zero-order chi connectivity index (χ0) is 41.4. The summed E-state index contributed by atoms with van der Waals surface area (Å²) in [7, 11) is 1.96. The van der Waals surface area contributed by atoms with Crippen LogP contribution in [0.15, 0.2) is 102 Å². The van der Waals surface area contributed by atoms with Crippen molar-refractivity contribution in [2.24, 2.45) is 16.5 Å². The van der Waals surface area contributed by atoms with Gasteiger partial charge in [-0.1, -0.05) is 84.9 Å². The van der Waals surface area contributed by atoms with Crippen molar-refractivity contribution in [3.63, 3.8) is 0 Å². The first-order valence-corrected chi connectivity index (χ1v) is 19.4. The molecule has 306 valence electrons. The number of benzene rings is 4. The summed E-state index contributed by atoms with van der Waals surface area (Å²) in [4.78, 5) is 75.6. The number of nitrogens with zero attached hydrogens (tertiary/aromatic N) is 2. The van der Waals surface area contributed by atoms with E-state index in [9.17, 15) is 29.1 Å². The minimum atomic E-state index is -1.15. The molecule has 0 bridgehead atoms. The molecule has 1 heterocycles. The fourth-order valence-electron chi connectivity index (χ4n) is 6.82. The van der Waals surface area contributed by atoms with Gasteiger partial charge in [-0.15, -0.1) is 0 Å². The third-order valence-corrected chi connectivity index (χ3v) is 9.88. The Morgan fingerprint density at radius 3 is 1.91 bits per heavy atom. The Labute approximate surface area is 338 Å². The van der Waals surface area contributed by atoms with Crippen LogP contribution in [0.4, 0.5) is 0 Å². The Balaban J connectivity index is 1.43. The summed E-state index contributed by atoms with van der Waals surface area (Å²) in [6, 6.07) is 25.1. The van der Waals surface area contributed by atoms with Gasteiger partial charge in [0.05, 0.1) is 6.54 Å². The number of amides is 5. The summed E-state index contributed by atoms with van der Waals surface area (Å²) in [5.74, 6) is -3.24. The van der Waals surface area contributed by atoms with Gasteiger partial charge in [-0.3, -0.25) is 29.0 Å². The van der Waals surface area contributed by atoms with Gasteiger partial charge in [0.15, 0.2) is 5.96 Å². The monoisotopic (exact) mass is 791 g/mol. The van der Waals surface area contributed by atoms with Crippen molar-refractivity contribution in [3.8, 4) is 5.75 Å². The lowest BCUT2D eigenvalue weighted by atomic mass is 10.0. The molecule has 0 unspecified atom stereocenters. The molecule has 1 saturated heterocycles. The maximum absolute atomic E-state index is 14.2. The summed E-state index contributed by atoms with van der Waals surface area (Å²) < 4.78 is 0. The van der Waals surface area contributed by atoms with E-state index in [0.29, 0.717) is 31.5 Å². The quantitative estimate of drug-likeness (QED) is 0.0523. The highest BCUT2D eigenvalue weighted by Gasteiger charge is 2.32. The number of hydrogen-bond donors (Lipinski definition) is 8. The summed E-state index contributed by atoms with van der Waals surface area (Å²) in [6.45, 7) is 0.965. The van der Waals surface area contributed by atoms with Crippen molar-refractivity contribution in [1.82, 2.24) is 31.5 Å². The molecule has 0 aliphatic carbocycles. The Kier molecular flexibility index (Phi) is 15.6. The molecule has 58 heavy (non-hydrogen) atoms. The molecule has 15 heteroatoms. The van der Waals surface area contributed by atoms with Gasteiger partial charge in [-0.25, -0.2) is 0 Å². The number of carbonyl (C=O) groups excluding carboxylic acids is 5. The lowest BCUT2D eigenvalue weighted by molar-refractivity contribution is -0.134. The number of aliphatic imine (C=N–C) groups is 1. The van der Waals surface area contributed by atoms with Crippen LogP contribution in [0.2, 0.25) is 0 Å². The van der Waals surface area contributed by atoms with Gasteiger partial charge >= 0.3 is 0 Å². The van der Waals surface area contributed by atoms with Crippen LogP contribution < -0.4 is 38.1 Å². The molecule has 4 aromatic carbocycles. The molecular formula is C43H53N9O6. The summed E-state index contributed by atoms with van der Waals surface area (Å²) in [6.07, 6.45) is 1.25. The topological polar surface area (TPSA) is 233 Å². The second-order valence-electron chi connectivity index (χ2n) is 14.6. The first-order valence-electron chi connectivity index (χ1n) is 19.4. The number of fused-ring (bicyclic) bond motifs is 1. The number of hydrogen-bond acceptors (Lipinski definition) is 8. The van der Waals surface area contributed by atoms with Crippen molar-refractivity contribution in [3.05, 3.63) is 114 Å². The van der Waals surface area contributed by atoms with E-state index in [1.165, 1.54) is 12.1 Å². The average Bonchev–Trinajstić information content (AvgIpc) is 3.20. The normalized spacial score (nSPS) is 19.5. The predicted molar refractivity (Wildman–Crippen MR) is 222 cm³/mol. The first-order chi connectivity index (χ1) is 27.9. The van der Waals surface area contributed by atoms with Crippen molar-refractivity contribution >= 4 is 46.3 Å². The van der Waals surface area contributed by atoms with E-state index in [2.05, 4.69) is 36.5 Å². The Bertz CT molecular complexity index is 2060. The zero-order valence-electron chi connectivity index (χ0n) is 32.7. The minimum absolute atomic E-state index is 0.0258. The van der Waals surface area contributed by atoms with Gasteiger partial charge in [-0.2, -0.15) is 0 Å². The molecule has 5 amide bonds. The van der Waals surface area contributed by atoms with Gasteiger partial charge in [0, 0.05) is 25.9 Å². The van der Waals surface area contributed by atoms with Crippen LogP contribution in [0.25, 0.3) is 10.8 Å². The van der Waals surface area contributed by atoms with Crippen LogP contribution in [0.3, 0.4) is 0 Å². The number of guanidine groups is 1. The molecular weight excluding hydrogens is 739 g/mol. The van der Waals surface area contributed by atoms with Gasteiger partial charge in [0.25, 0.3) is 0 Å². The highest BCUT2D eigenvalue weighted by molar-refractivity contribution is 5.97. The minimum Gasteiger partial charge on any atom is -0.508 e. The van der Waals surface area contributed by atoms with Crippen molar-refractivity contribution in [2.45, 2.75) is 69.2 Å². The maximum atomic E-state index is 14.2. The lowest BCUT2D eigenvalue weighted by Crippen LogP contribution is -2.58. The van der Waals surface area contributed by atoms with E-state index in [0.717, 1.165) is 21.9 Å². The van der Waals surface area contributed by atoms with E-state index in [4.69, 9.17) is 11.5 Å². The van der Waals surface area contributed by atoms with Crippen LogP contribution in [-0.2, 0) is 43.4 Å². The van der Waals surface area contributed by atoms with Gasteiger partial charge in [-0.05, 0) is 78.9 Å². The van der Waals surface area contributed by atoms with E-state index in [1.807, 2.05) is 79.8 Å².